The third-order valence-corrected chi connectivity index (χ3v) is 2.38. The number of ether oxygens (including phenoxy) is 1. The molecule has 7 nitrogen and oxygen atoms in total. The zero-order valence-corrected chi connectivity index (χ0v) is 11.0. The van der Waals surface area contributed by atoms with Gasteiger partial charge in [0.1, 0.15) is 12.4 Å². The van der Waals surface area contributed by atoms with Crippen LogP contribution in [0.2, 0.25) is 0 Å². The van der Waals surface area contributed by atoms with Gasteiger partial charge in [-0.15, -0.1) is 0 Å². The highest BCUT2D eigenvalue weighted by Gasteiger charge is 2.15. The summed E-state index contributed by atoms with van der Waals surface area (Å²) >= 11 is 0. The smallest absolute Gasteiger partial charge is 0.325 e. The minimum atomic E-state index is -0.486. The molecular weight excluding hydrogens is 250 g/mol. The molecule has 0 aromatic carbocycles. The van der Waals surface area contributed by atoms with Gasteiger partial charge in [0, 0.05) is 18.8 Å². The molecule has 104 valence electrons. The SMILES string of the molecule is CCCN(CC(=O)OCC)c1cc([N+](=O)[O-])ccn1. The Bertz CT molecular complexity index is 450. The van der Waals surface area contributed by atoms with E-state index in [1.165, 1.54) is 18.3 Å². The van der Waals surface area contributed by atoms with Crippen molar-refractivity contribution >= 4 is 17.5 Å². The van der Waals surface area contributed by atoms with Gasteiger partial charge in [0.05, 0.1) is 17.6 Å². The zero-order chi connectivity index (χ0) is 14.3. The van der Waals surface area contributed by atoms with Crippen molar-refractivity contribution in [2.75, 3.05) is 24.6 Å². The van der Waals surface area contributed by atoms with Gasteiger partial charge in [-0.05, 0) is 13.3 Å². The number of anilines is 1. The van der Waals surface area contributed by atoms with Crippen molar-refractivity contribution < 1.29 is 14.5 Å². The first kappa shape index (κ1) is 14.9. The van der Waals surface area contributed by atoms with Crippen LogP contribution in [0, 0.1) is 10.1 Å². The van der Waals surface area contributed by atoms with Crippen LogP contribution in [0.15, 0.2) is 18.3 Å². The number of nitro groups is 1. The van der Waals surface area contributed by atoms with Gasteiger partial charge in [0.25, 0.3) is 5.69 Å². The van der Waals surface area contributed by atoms with Crippen LogP contribution in [0.5, 0.6) is 0 Å². The average molecular weight is 267 g/mol. The van der Waals surface area contributed by atoms with Crippen LogP contribution in [0.1, 0.15) is 20.3 Å². The Morgan fingerprint density at radius 1 is 1.53 bits per heavy atom. The minimum Gasteiger partial charge on any atom is -0.465 e. The summed E-state index contributed by atoms with van der Waals surface area (Å²) in [5.74, 6) is 0.0355. The molecule has 0 atom stereocenters. The van der Waals surface area contributed by atoms with Crippen LogP contribution < -0.4 is 4.90 Å². The number of carbonyl (C=O) groups is 1. The summed E-state index contributed by atoms with van der Waals surface area (Å²) in [6.07, 6.45) is 2.16. The highest BCUT2D eigenvalue weighted by molar-refractivity contribution is 5.75. The van der Waals surface area contributed by atoms with Crippen LogP contribution in [0.3, 0.4) is 0 Å². The Morgan fingerprint density at radius 2 is 2.26 bits per heavy atom. The number of nitrogens with zero attached hydrogens (tertiary/aromatic N) is 3. The van der Waals surface area contributed by atoms with E-state index < -0.39 is 4.92 Å². The molecule has 0 aliphatic heterocycles. The molecule has 1 heterocycles. The van der Waals surface area contributed by atoms with Crippen LogP contribution in [0.25, 0.3) is 0 Å². The molecule has 1 rings (SSSR count). The van der Waals surface area contributed by atoms with Crippen LogP contribution >= 0.6 is 0 Å². The third kappa shape index (κ3) is 4.53. The summed E-state index contributed by atoms with van der Waals surface area (Å²) < 4.78 is 4.88. The van der Waals surface area contributed by atoms with Gasteiger partial charge in [-0.1, -0.05) is 6.92 Å². The molecule has 0 spiro atoms. The van der Waals surface area contributed by atoms with Crippen LogP contribution in [-0.2, 0) is 9.53 Å². The van der Waals surface area contributed by atoms with Gasteiger partial charge >= 0.3 is 5.97 Å². The second-order valence-corrected chi connectivity index (χ2v) is 3.86. The van der Waals surface area contributed by atoms with Crippen LogP contribution in [0.4, 0.5) is 11.5 Å². The molecule has 0 fully saturated rings. The third-order valence-electron chi connectivity index (χ3n) is 2.38. The fraction of sp³-hybridized carbons (Fsp3) is 0.500. The molecule has 0 aliphatic rings. The van der Waals surface area contributed by atoms with Crippen molar-refractivity contribution in [3.8, 4) is 0 Å². The monoisotopic (exact) mass is 267 g/mol. The van der Waals surface area contributed by atoms with Gasteiger partial charge in [-0.25, -0.2) is 4.98 Å². The molecule has 0 unspecified atom stereocenters. The molecule has 0 aliphatic carbocycles. The molecule has 0 amide bonds. The molecule has 1 aromatic heterocycles. The summed E-state index contributed by atoms with van der Waals surface area (Å²) in [7, 11) is 0. The van der Waals surface area contributed by atoms with E-state index in [1.54, 1.807) is 11.8 Å². The lowest BCUT2D eigenvalue weighted by atomic mass is 10.3. The quantitative estimate of drug-likeness (QED) is 0.425. The normalized spacial score (nSPS) is 10.0. The van der Waals surface area contributed by atoms with E-state index >= 15 is 0 Å². The molecule has 0 saturated carbocycles. The lowest BCUT2D eigenvalue weighted by Gasteiger charge is -2.21. The standard InChI is InChI=1S/C12H17N3O4/c1-3-7-14(9-12(16)19-4-2)11-8-10(15(17)18)5-6-13-11/h5-6,8H,3-4,7,9H2,1-2H3. The van der Waals surface area contributed by atoms with Crippen molar-refractivity contribution in [2.24, 2.45) is 0 Å². The van der Waals surface area contributed by atoms with Crippen molar-refractivity contribution in [1.82, 2.24) is 4.98 Å². The van der Waals surface area contributed by atoms with E-state index in [4.69, 9.17) is 4.74 Å². The number of aromatic nitrogens is 1. The minimum absolute atomic E-state index is 0.0375. The van der Waals surface area contributed by atoms with E-state index in [0.29, 0.717) is 19.0 Å². The topological polar surface area (TPSA) is 85.6 Å². The maximum absolute atomic E-state index is 11.5. The number of pyridine rings is 1. The summed E-state index contributed by atoms with van der Waals surface area (Å²) in [5.41, 5.74) is -0.0463. The number of hydrogen-bond donors (Lipinski definition) is 0. The van der Waals surface area contributed by atoms with Gasteiger partial charge in [0.2, 0.25) is 0 Å². The van der Waals surface area contributed by atoms with Gasteiger partial charge in [-0.2, -0.15) is 0 Å². The molecule has 0 N–H and O–H groups in total. The fourth-order valence-electron chi connectivity index (χ4n) is 1.60. The number of rotatable bonds is 7. The van der Waals surface area contributed by atoms with Gasteiger partial charge in [-0.3, -0.25) is 14.9 Å². The Labute approximate surface area is 111 Å². The lowest BCUT2D eigenvalue weighted by Crippen LogP contribution is -2.32. The molecule has 0 bridgehead atoms. The Kier molecular flexibility index (Phi) is 5.72. The van der Waals surface area contributed by atoms with Crippen molar-refractivity contribution in [3.63, 3.8) is 0 Å². The highest BCUT2D eigenvalue weighted by Crippen LogP contribution is 2.18. The second-order valence-electron chi connectivity index (χ2n) is 3.86. The fourth-order valence-corrected chi connectivity index (χ4v) is 1.60. The predicted molar refractivity (Wildman–Crippen MR) is 70.0 cm³/mol. The summed E-state index contributed by atoms with van der Waals surface area (Å²) in [4.78, 5) is 27.5. The van der Waals surface area contributed by atoms with E-state index in [9.17, 15) is 14.9 Å². The Morgan fingerprint density at radius 3 is 2.84 bits per heavy atom. The molecule has 0 radical (unpaired) electrons. The zero-order valence-electron chi connectivity index (χ0n) is 11.0. The first-order valence-electron chi connectivity index (χ1n) is 6.09. The molecule has 19 heavy (non-hydrogen) atoms. The summed E-state index contributed by atoms with van der Waals surface area (Å²) in [6, 6.07) is 2.67. The van der Waals surface area contributed by atoms with Crippen molar-refractivity contribution in [1.29, 1.82) is 0 Å². The van der Waals surface area contributed by atoms with Crippen molar-refractivity contribution in [3.05, 3.63) is 28.4 Å². The average Bonchev–Trinajstić information content (AvgIpc) is 2.38. The van der Waals surface area contributed by atoms with E-state index in [0.717, 1.165) is 6.42 Å². The largest absolute Gasteiger partial charge is 0.465 e. The summed E-state index contributed by atoms with van der Waals surface area (Å²) in [5, 5.41) is 10.7. The number of hydrogen-bond acceptors (Lipinski definition) is 6. The van der Waals surface area contributed by atoms with E-state index in [2.05, 4.69) is 4.98 Å². The maximum atomic E-state index is 11.5. The number of carbonyl (C=O) groups excluding carboxylic acids is 1. The predicted octanol–water partition coefficient (Wildman–Crippen LogP) is 1.77. The Hall–Kier alpha value is -2.18. The van der Waals surface area contributed by atoms with Crippen molar-refractivity contribution in [2.45, 2.75) is 20.3 Å². The summed E-state index contributed by atoms with van der Waals surface area (Å²) in [6.45, 7) is 4.60. The Balaban J connectivity index is 2.88. The first-order chi connectivity index (χ1) is 9.08. The number of esters is 1. The first-order valence-corrected chi connectivity index (χ1v) is 6.09. The van der Waals surface area contributed by atoms with E-state index in [-0.39, 0.29) is 18.2 Å². The molecule has 0 saturated heterocycles. The lowest BCUT2D eigenvalue weighted by molar-refractivity contribution is -0.384. The highest BCUT2D eigenvalue weighted by atomic mass is 16.6. The molecule has 7 heteroatoms. The molecule has 1 aromatic rings. The van der Waals surface area contributed by atoms with Crippen LogP contribution in [-0.4, -0.2) is 35.6 Å². The van der Waals surface area contributed by atoms with Gasteiger partial charge < -0.3 is 9.64 Å². The van der Waals surface area contributed by atoms with E-state index in [1.807, 2.05) is 6.92 Å². The van der Waals surface area contributed by atoms with Gasteiger partial charge in [0.15, 0.2) is 0 Å². The second kappa shape index (κ2) is 7.30. The molecular formula is C12H17N3O4. The maximum Gasteiger partial charge on any atom is 0.325 e.